The summed E-state index contributed by atoms with van der Waals surface area (Å²) in [5, 5.41) is 0. The molecule has 34 heavy (non-hydrogen) atoms. The van der Waals surface area contributed by atoms with Crippen LogP contribution in [0.3, 0.4) is 0 Å². The summed E-state index contributed by atoms with van der Waals surface area (Å²) in [5.74, 6) is -0.839. The van der Waals surface area contributed by atoms with Gasteiger partial charge in [-0.05, 0) is 55.4 Å². The third-order valence-corrected chi connectivity index (χ3v) is 7.25. The van der Waals surface area contributed by atoms with E-state index in [0.717, 1.165) is 0 Å². The molecule has 0 saturated carbocycles. The van der Waals surface area contributed by atoms with Gasteiger partial charge in [0.15, 0.2) is 16.7 Å². The molecule has 2 saturated heterocycles. The number of fused-ring (bicyclic) bond motifs is 2. The first-order chi connectivity index (χ1) is 15.6. The molecule has 0 spiro atoms. The van der Waals surface area contributed by atoms with E-state index in [4.69, 9.17) is 40.0 Å². The topological polar surface area (TPSA) is 119 Å². The van der Waals surface area contributed by atoms with E-state index in [9.17, 15) is 4.57 Å². The third-order valence-electron chi connectivity index (χ3n) is 4.95. The molecule has 2 fully saturated rings. The van der Waals surface area contributed by atoms with Gasteiger partial charge in [0.05, 0.1) is 30.5 Å². The highest BCUT2D eigenvalue weighted by atomic mass is 32.1. The Morgan fingerprint density at radius 1 is 1.12 bits per heavy atom. The van der Waals surface area contributed by atoms with Gasteiger partial charge in [0, 0.05) is 0 Å². The Hall–Kier alpha value is -1.24. The van der Waals surface area contributed by atoms with Gasteiger partial charge < -0.3 is 19.2 Å². The number of hydrogen-bond acceptors (Lipinski definition) is 10. The number of H-pyrrole nitrogens is 1. The minimum absolute atomic E-state index is 0.0925. The summed E-state index contributed by atoms with van der Waals surface area (Å²) in [4.78, 5) is 11.5. The molecule has 2 aliphatic rings. The highest BCUT2D eigenvalue weighted by Crippen LogP contribution is 2.56. The van der Waals surface area contributed by atoms with Crippen molar-refractivity contribution in [3.05, 3.63) is 17.3 Å². The SMILES string of the molecule is CC(C)(C)OP(=O)(OC[C@H]1O[C@H](n2cnc3c(=S)nc[nH]c32)C2OC(C)(C)OC21)OC(C)(C)C. The van der Waals surface area contributed by atoms with Crippen LogP contribution >= 0.6 is 20.0 Å². The number of nitrogens with zero attached hydrogens (tertiary/aromatic N) is 3. The first-order valence-corrected chi connectivity index (χ1v) is 13.0. The number of ether oxygens (including phenoxy) is 3. The van der Waals surface area contributed by atoms with E-state index in [2.05, 4.69) is 15.0 Å². The predicted molar refractivity (Wildman–Crippen MR) is 126 cm³/mol. The van der Waals surface area contributed by atoms with Crippen molar-refractivity contribution in [3.8, 4) is 0 Å². The lowest BCUT2D eigenvalue weighted by atomic mass is 10.1. The normalized spacial score (nSPS) is 27.4. The minimum atomic E-state index is -3.93. The number of aromatic amines is 1. The number of aromatic nitrogens is 4. The van der Waals surface area contributed by atoms with Crippen molar-refractivity contribution >= 4 is 31.2 Å². The van der Waals surface area contributed by atoms with Gasteiger partial charge in [0.2, 0.25) is 0 Å². The average Bonchev–Trinajstić information content (AvgIpc) is 3.28. The summed E-state index contributed by atoms with van der Waals surface area (Å²) < 4.78 is 51.6. The van der Waals surface area contributed by atoms with Crippen LogP contribution in [0.25, 0.3) is 11.2 Å². The van der Waals surface area contributed by atoms with Crippen molar-refractivity contribution in [2.75, 3.05) is 6.61 Å². The van der Waals surface area contributed by atoms with E-state index in [0.29, 0.717) is 15.8 Å². The molecule has 1 N–H and O–H groups in total. The minimum Gasteiger partial charge on any atom is -0.347 e. The first-order valence-electron chi connectivity index (χ1n) is 11.1. The fourth-order valence-corrected chi connectivity index (χ4v) is 6.01. The number of nitrogens with one attached hydrogen (secondary N) is 1. The fourth-order valence-electron chi connectivity index (χ4n) is 3.99. The molecule has 4 rings (SSSR count). The van der Waals surface area contributed by atoms with Crippen molar-refractivity contribution < 1.29 is 32.3 Å². The van der Waals surface area contributed by atoms with Gasteiger partial charge in [-0.2, -0.15) is 0 Å². The van der Waals surface area contributed by atoms with E-state index < -0.39 is 49.4 Å². The lowest BCUT2D eigenvalue weighted by molar-refractivity contribution is -0.199. The number of rotatable bonds is 6. The zero-order chi connectivity index (χ0) is 25.1. The number of imidazole rings is 1. The maximum atomic E-state index is 13.5. The fraction of sp³-hybridized carbons (Fsp3) is 0.762. The summed E-state index contributed by atoms with van der Waals surface area (Å²) in [6.07, 6.45) is 0.969. The van der Waals surface area contributed by atoms with Crippen LogP contribution in [0, 0.1) is 4.64 Å². The van der Waals surface area contributed by atoms with Gasteiger partial charge in [-0.1, -0.05) is 12.2 Å². The second-order valence-corrected chi connectivity index (χ2v) is 12.7. The van der Waals surface area contributed by atoms with E-state index >= 15 is 0 Å². The van der Waals surface area contributed by atoms with Crippen LogP contribution in [0.5, 0.6) is 0 Å². The molecule has 0 radical (unpaired) electrons. The molecule has 2 aliphatic heterocycles. The van der Waals surface area contributed by atoms with Gasteiger partial charge in [-0.3, -0.25) is 18.1 Å². The van der Waals surface area contributed by atoms with Gasteiger partial charge in [-0.25, -0.2) is 14.5 Å². The van der Waals surface area contributed by atoms with Gasteiger partial charge in [0.1, 0.15) is 29.5 Å². The van der Waals surface area contributed by atoms with Gasteiger partial charge in [-0.15, -0.1) is 0 Å². The Morgan fingerprint density at radius 2 is 1.74 bits per heavy atom. The molecule has 4 heterocycles. The van der Waals surface area contributed by atoms with Crippen LogP contribution in [-0.2, 0) is 32.3 Å². The molecule has 0 aliphatic carbocycles. The van der Waals surface area contributed by atoms with Crippen LogP contribution in [0.15, 0.2) is 12.7 Å². The Morgan fingerprint density at radius 3 is 2.35 bits per heavy atom. The highest BCUT2D eigenvalue weighted by Gasteiger charge is 2.56. The zero-order valence-corrected chi connectivity index (χ0v) is 22.4. The van der Waals surface area contributed by atoms with E-state index in [1.54, 1.807) is 52.4 Å². The van der Waals surface area contributed by atoms with E-state index in [1.165, 1.54) is 6.33 Å². The molecule has 190 valence electrons. The second kappa shape index (κ2) is 8.70. The van der Waals surface area contributed by atoms with Gasteiger partial charge >= 0.3 is 7.82 Å². The van der Waals surface area contributed by atoms with Crippen LogP contribution in [0.4, 0.5) is 0 Å². The van der Waals surface area contributed by atoms with Crippen LogP contribution < -0.4 is 0 Å². The smallest absolute Gasteiger partial charge is 0.347 e. The molecule has 2 aromatic heterocycles. The van der Waals surface area contributed by atoms with Gasteiger partial charge in [0.25, 0.3) is 0 Å². The molecule has 0 aromatic carbocycles. The largest absolute Gasteiger partial charge is 0.475 e. The van der Waals surface area contributed by atoms with Crippen molar-refractivity contribution in [2.45, 2.75) is 96.9 Å². The molecule has 2 aromatic rings. The molecule has 0 amide bonds. The maximum absolute atomic E-state index is 13.5. The Kier molecular flexibility index (Phi) is 6.61. The summed E-state index contributed by atoms with van der Waals surface area (Å²) >= 11 is 5.28. The molecule has 4 atom stereocenters. The Bertz CT molecular complexity index is 1130. The average molecular weight is 517 g/mol. The summed E-state index contributed by atoms with van der Waals surface area (Å²) in [6, 6.07) is 0. The number of phosphoric acid groups is 1. The number of hydrogen-bond donors (Lipinski definition) is 1. The molecule has 11 nitrogen and oxygen atoms in total. The van der Waals surface area contributed by atoms with Crippen molar-refractivity contribution in [3.63, 3.8) is 0 Å². The number of phosphoric ester groups is 1. The standard InChI is InChI=1S/C21H33N4O7PS/c1-19(2,3)31-33(26,32-20(4,5)6)27-9-12-14-15(30-21(7,8)29-14)18(28-12)25-11-24-13-16(25)22-10-23-17(13)34/h10-12,14-15,18H,9H2,1-8H3,(H,22,23,34)/t12-,14?,15?,18+/m1/s1. The summed E-state index contributed by atoms with van der Waals surface area (Å²) in [7, 11) is -3.93. The monoisotopic (exact) mass is 516 g/mol. The van der Waals surface area contributed by atoms with E-state index in [-0.39, 0.29) is 6.61 Å². The van der Waals surface area contributed by atoms with Crippen molar-refractivity contribution in [1.82, 2.24) is 19.5 Å². The lowest BCUT2D eigenvalue weighted by Crippen LogP contribution is -2.33. The molecule has 2 unspecified atom stereocenters. The van der Waals surface area contributed by atoms with Crippen LogP contribution in [0.2, 0.25) is 0 Å². The summed E-state index contributed by atoms with van der Waals surface area (Å²) in [5.41, 5.74) is -0.300. The van der Waals surface area contributed by atoms with E-state index in [1.807, 2.05) is 13.8 Å². The zero-order valence-electron chi connectivity index (χ0n) is 20.7. The van der Waals surface area contributed by atoms with Crippen LogP contribution in [0.1, 0.15) is 61.6 Å². The molecule has 13 heteroatoms. The van der Waals surface area contributed by atoms with Crippen molar-refractivity contribution in [1.29, 1.82) is 0 Å². The second-order valence-electron chi connectivity index (χ2n) is 10.8. The molecular formula is C21H33N4O7PS. The summed E-state index contributed by atoms with van der Waals surface area (Å²) in [6.45, 7) is 14.3. The lowest BCUT2D eigenvalue weighted by Gasteiger charge is -2.32. The predicted octanol–water partition coefficient (Wildman–Crippen LogP) is 4.66. The highest BCUT2D eigenvalue weighted by molar-refractivity contribution is 7.71. The third kappa shape index (κ3) is 5.60. The maximum Gasteiger partial charge on any atom is 0.475 e. The molecular weight excluding hydrogens is 483 g/mol. The van der Waals surface area contributed by atoms with Crippen LogP contribution in [-0.4, -0.2) is 61.4 Å². The first kappa shape index (κ1) is 25.8. The Labute approximate surface area is 204 Å². The van der Waals surface area contributed by atoms with Crippen molar-refractivity contribution in [2.24, 2.45) is 0 Å². The Balaban J connectivity index is 1.60. The molecule has 0 bridgehead atoms. The quantitative estimate of drug-likeness (QED) is 0.429.